The normalized spacial score (nSPS) is 20.1. The summed E-state index contributed by atoms with van der Waals surface area (Å²) in [5, 5.41) is 15.4. The number of aromatic nitrogens is 8. The summed E-state index contributed by atoms with van der Waals surface area (Å²) in [5.74, 6) is 1.93. The topological polar surface area (TPSA) is 192 Å². The number of cyclic esters (lactones) is 2. The molecule has 5 aliphatic heterocycles. The van der Waals surface area contributed by atoms with Crippen LogP contribution in [0.2, 0.25) is 0 Å². The van der Waals surface area contributed by atoms with Crippen molar-refractivity contribution in [3.05, 3.63) is 125 Å². The maximum atomic E-state index is 12.6. The largest absolute Gasteiger partial charge is 0.515 e. The number of benzene rings is 2. The van der Waals surface area contributed by atoms with E-state index in [1.54, 1.807) is 86.7 Å². The number of amides is 2. The summed E-state index contributed by atoms with van der Waals surface area (Å²) in [6.45, 7) is 23.0. The maximum absolute atomic E-state index is 12.6. The Balaban J connectivity index is 0.000000211. The predicted molar refractivity (Wildman–Crippen MR) is 252 cm³/mol. The second-order valence-electron chi connectivity index (χ2n) is 16.4. The molecule has 2 aromatic carbocycles. The average Bonchev–Trinajstić information content (AvgIpc) is 4.17. The van der Waals surface area contributed by atoms with Gasteiger partial charge >= 0.3 is 19.3 Å². The SMILES string of the molecule is C.C.CC1(C)OB(c2[c-]cc3c(c2)OC[C@H]2[C@H](Cn4ccnn4)OC(=O)N32)OC1(C)C.[C-]#[N+]c1ccc(-c2[c-]cc3c(c2)OC[C@H]2[C@H](Cn4ccnn4)OC(=O)N32)cn1.[C-]#[N+]c1ccc(Br)cn1.[U].[U]. The zero-order valence-corrected chi connectivity index (χ0v) is 46.7. The molecule has 4 aromatic heterocycles. The minimum absolute atomic E-state index is 0. The Morgan fingerprint density at radius 1 is 0.743 bits per heavy atom. The molecule has 0 aliphatic carbocycles. The number of rotatable bonds is 6. The molecule has 0 bridgehead atoms. The Labute approximate surface area is 461 Å². The van der Waals surface area contributed by atoms with Gasteiger partial charge < -0.3 is 47.7 Å². The van der Waals surface area contributed by atoms with Crippen LogP contribution >= 0.6 is 15.9 Å². The van der Waals surface area contributed by atoms with E-state index in [-0.39, 0.29) is 101 Å². The van der Waals surface area contributed by atoms with Crippen LogP contribution in [-0.2, 0) is 31.9 Å². The molecule has 0 unspecified atom stereocenters. The molecule has 0 radical (unpaired) electrons. The third-order valence-corrected chi connectivity index (χ3v) is 12.2. The molecule has 3 fully saturated rings. The van der Waals surface area contributed by atoms with Crippen LogP contribution in [0.4, 0.5) is 32.6 Å². The number of fused-ring (bicyclic) bond motifs is 6. The van der Waals surface area contributed by atoms with Crippen molar-refractivity contribution in [1.82, 2.24) is 40.0 Å². The van der Waals surface area contributed by atoms with Crippen molar-refractivity contribution < 1.29 is 100 Å². The fraction of sp³-hybridized carbons (Fsp3) is 0.348. The molecule has 358 valence electrons. The molecule has 4 atom stereocenters. The second-order valence-corrected chi connectivity index (χ2v) is 17.3. The number of anilines is 2. The number of carbonyl (C=O) groups is 2. The molecule has 24 heteroatoms. The Morgan fingerprint density at radius 2 is 1.24 bits per heavy atom. The van der Waals surface area contributed by atoms with E-state index in [1.165, 1.54) is 0 Å². The van der Waals surface area contributed by atoms with Crippen LogP contribution in [0.25, 0.3) is 20.8 Å². The van der Waals surface area contributed by atoms with Crippen LogP contribution in [0, 0.1) is 87.5 Å². The predicted octanol–water partition coefficient (Wildman–Crippen LogP) is 7.31. The first-order valence-corrected chi connectivity index (χ1v) is 21.3. The van der Waals surface area contributed by atoms with E-state index in [9.17, 15) is 9.59 Å². The van der Waals surface area contributed by atoms with Crippen LogP contribution < -0.4 is 24.7 Å². The monoisotopic (exact) mass is 1460 g/mol. The molecule has 0 saturated carbocycles. The van der Waals surface area contributed by atoms with Gasteiger partial charge in [-0.1, -0.05) is 50.1 Å². The molecule has 5 aliphatic rings. The minimum Gasteiger partial charge on any atom is -0.515 e. The van der Waals surface area contributed by atoms with Crippen molar-refractivity contribution >= 4 is 63.7 Å². The summed E-state index contributed by atoms with van der Waals surface area (Å²) in [6, 6.07) is 19.9. The van der Waals surface area contributed by atoms with Crippen molar-refractivity contribution in [2.75, 3.05) is 23.0 Å². The average molecular weight is 1460 g/mol. The summed E-state index contributed by atoms with van der Waals surface area (Å²) < 4.78 is 39.4. The van der Waals surface area contributed by atoms with E-state index < -0.39 is 30.5 Å². The van der Waals surface area contributed by atoms with Gasteiger partial charge in [0.25, 0.3) is 11.6 Å². The number of hydrogen-bond acceptors (Lipinski definition) is 14. The van der Waals surface area contributed by atoms with E-state index in [4.69, 9.17) is 41.4 Å². The van der Waals surface area contributed by atoms with Gasteiger partial charge in [-0.2, -0.15) is 12.1 Å². The van der Waals surface area contributed by atoms with Crippen LogP contribution in [0.5, 0.6) is 11.5 Å². The third kappa shape index (κ3) is 11.6. The quantitative estimate of drug-likeness (QED) is 0.119. The van der Waals surface area contributed by atoms with Crippen molar-refractivity contribution in [2.24, 2.45) is 0 Å². The molecule has 3 saturated heterocycles. The van der Waals surface area contributed by atoms with Crippen molar-refractivity contribution in [2.45, 2.75) is 91.1 Å². The van der Waals surface area contributed by atoms with E-state index in [0.717, 1.165) is 21.1 Å². The number of halogens is 1. The van der Waals surface area contributed by atoms with Gasteiger partial charge in [-0.25, -0.2) is 19.0 Å². The molecular formula is C46H46BBrN12O8U2-2. The summed E-state index contributed by atoms with van der Waals surface area (Å²) in [4.78, 5) is 42.6. The van der Waals surface area contributed by atoms with Gasteiger partial charge in [0.05, 0.1) is 53.1 Å². The minimum atomic E-state index is -0.544. The number of pyridine rings is 2. The first-order valence-electron chi connectivity index (χ1n) is 20.5. The summed E-state index contributed by atoms with van der Waals surface area (Å²) >= 11 is 3.21. The van der Waals surface area contributed by atoms with E-state index in [0.29, 0.717) is 60.8 Å². The Bertz CT molecular complexity index is 2820. The van der Waals surface area contributed by atoms with Crippen molar-refractivity contribution in [1.29, 1.82) is 0 Å². The zero-order chi connectivity index (χ0) is 46.2. The van der Waals surface area contributed by atoms with Crippen LogP contribution in [0.1, 0.15) is 42.5 Å². The molecule has 2 amide bonds. The molecule has 9 heterocycles. The van der Waals surface area contributed by atoms with Gasteiger partial charge in [-0.15, -0.1) is 61.5 Å². The molecule has 70 heavy (non-hydrogen) atoms. The number of ether oxygens (including phenoxy) is 4. The fourth-order valence-corrected chi connectivity index (χ4v) is 7.85. The first kappa shape index (κ1) is 55.6. The fourth-order valence-electron chi connectivity index (χ4n) is 7.62. The van der Waals surface area contributed by atoms with Gasteiger partial charge in [0, 0.05) is 86.1 Å². The van der Waals surface area contributed by atoms with Gasteiger partial charge in [0.2, 0.25) is 0 Å². The molecule has 6 aromatic rings. The Kier molecular flexibility index (Phi) is 18.5. The summed E-state index contributed by atoms with van der Waals surface area (Å²) in [7, 11) is -0.544. The standard InChI is InChI=1S/C19H22BN4O5.C19H13N6O3.C6H3BrN2.2CH4.2U/c1-18(2)19(3,4)29-20(28-18)12-5-6-13-15(9-12)26-11-14-16(27-17(25)24(13)14)10-23-8-7-21-22-23;1-20-18-5-3-13(9-21-18)12-2-4-14-16(8-12)27-11-15-17(28-19(26)25(14)15)10-24-7-6-22-23-24;1-8-6-3-2-5(7)4-9-6;;;;/h6-9,14,16H,10-11H2,1-4H3;3-9,15,17H,10-11H2;2-4H;2*1H4;;/q2*-1;;;;;/t14-,16-;15-,17-;;;;;/m00...../s1. The molecule has 0 spiro atoms. The Morgan fingerprint density at radius 3 is 1.70 bits per heavy atom. The smallest absolute Gasteiger partial charge is 0.468 e. The molecular weight excluding hydrogens is 1420 g/mol. The zero-order valence-electron chi connectivity index (χ0n) is 36.8. The van der Waals surface area contributed by atoms with Crippen LogP contribution in [-0.4, -0.2) is 108 Å². The number of carbonyl (C=O) groups excluding carboxylic acids is 2. The maximum Gasteiger partial charge on any atom is 0.468 e. The van der Waals surface area contributed by atoms with Gasteiger partial charge in [-0.3, -0.25) is 0 Å². The summed E-state index contributed by atoms with van der Waals surface area (Å²) in [6.07, 6.45) is 8.28. The van der Waals surface area contributed by atoms with E-state index >= 15 is 0 Å². The van der Waals surface area contributed by atoms with Crippen molar-refractivity contribution in [3.8, 4) is 22.6 Å². The van der Waals surface area contributed by atoms with Crippen LogP contribution in [0.3, 0.4) is 0 Å². The number of nitrogens with zero attached hydrogens (tertiary/aromatic N) is 12. The molecule has 20 nitrogen and oxygen atoms in total. The first-order chi connectivity index (χ1) is 31.8. The van der Waals surface area contributed by atoms with Gasteiger partial charge in [0.15, 0.2) is 0 Å². The molecule has 11 rings (SSSR count). The molecule has 0 N–H and O–H groups in total. The van der Waals surface area contributed by atoms with Gasteiger partial charge in [0.1, 0.15) is 43.7 Å². The van der Waals surface area contributed by atoms with E-state index in [1.807, 2.05) is 45.9 Å². The number of hydrogen-bond donors (Lipinski definition) is 0. The van der Waals surface area contributed by atoms with E-state index in [2.05, 4.69) is 68.3 Å². The summed E-state index contributed by atoms with van der Waals surface area (Å²) in [5.41, 5.74) is 2.68. The van der Waals surface area contributed by atoms with Gasteiger partial charge in [-0.05, 0) is 61.4 Å². The third-order valence-electron chi connectivity index (χ3n) is 11.7. The van der Waals surface area contributed by atoms with Crippen molar-refractivity contribution in [3.63, 3.8) is 0 Å². The van der Waals surface area contributed by atoms with Crippen LogP contribution in [0.15, 0.2) is 90.2 Å². The second kappa shape index (κ2) is 23.3. The Hall–Kier alpha value is -5.29.